The molecular weight excluding hydrogens is 387 g/mol. The maximum Gasteiger partial charge on any atom is 0.164 e. The normalized spacial score (nSPS) is 10.9. The van der Waals surface area contributed by atoms with Crippen LogP contribution in [0.1, 0.15) is 19.5 Å². The maximum atomic E-state index is 6.25. The van der Waals surface area contributed by atoms with Crippen molar-refractivity contribution in [1.82, 2.24) is 9.97 Å². The Morgan fingerprint density at radius 1 is 1.25 bits per heavy atom. The summed E-state index contributed by atoms with van der Waals surface area (Å²) in [6.45, 7) is 4.32. The fourth-order valence-electron chi connectivity index (χ4n) is 1.93. The monoisotopic (exact) mass is 402 g/mol. The number of halogens is 2. The van der Waals surface area contributed by atoms with E-state index in [0.29, 0.717) is 16.9 Å². The highest BCUT2D eigenvalue weighted by atomic mass is 127. The lowest BCUT2D eigenvalue weighted by Crippen LogP contribution is -2.05. The largest absolute Gasteiger partial charge is 0.496 e. The average molecular weight is 403 g/mol. The molecule has 20 heavy (non-hydrogen) atoms. The summed E-state index contributed by atoms with van der Waals surface area (Å²) >= 11 is 8.45. The molecule has 1 aromatic heterocycles. The predicted molar refractivity (Wildman–Crippen MR) is 90.3 cm³/mol. The van der Waals surface area contributed by atoms with E-state index in [1.165, 1.54) is 0 Å². The first-order valence-electron chi connectivity index (χ1n) is 6.38. The number of methoxy groups -OCH3 is 1. The zero-order chi connectivity index (χ0) is 14.7. The molecule has 0 unspecified atom stereocenters. The fourth-order valence-corrected chi connectivity index (χ4v) is 2.59. The third-order valence-electron chi connectivity index (χ3n) is 2.83. The molecule has 3 nitrogen and oxygen atoms in total. The molecule has 0 saturated heterocycles. The van der Waals surface area contributed by atoms with Gasteiger partial charge in [0, 0.05) is 0 Å². The molecule has 0 spiro atoms. The zero-order valence-electron chi connectivity index (χ0n) is 11.7. The highest BCUT2D eigenvalue weighted by molar-refractivity contribution is 14.1. The average Bonchev–Trinajstić information content (AvgIpc) is 2.43. The van der Waals surface area contributed by atoms with E-state index in [0.717, 1.165) is 27.0 Å². The number of para-hydroxylation sites is 1. The summed E-state index contributed by atoms with van der Waals surface area (Å²) in [5.41, 5.74) is 1.85. The molecule has 0 saturated carbocycles. The van der Waals surface area contributed by atoms with Gasteiger partial charge < -0.3 is 4.74 Å². The Kier molecular flexibility index (Phi) is 5.21. The Morgan fingerprint density at radius 3 is 2.60 bits per heavy atom. The molecule has 0 atom stereocenters. The molecule has 0 bridgehead atoms. The smallest absolute Gasteiger partial charge is 0.164 e. The van der Waals surface area contributed by atoms with Crippen LogP contribution in [0.4, 0.5) is 0 Å². The van der Waals surface area contributed by atoms with Crippen molar-refractivity contribution in [1.29, 1.82) is 0 Å². The predicted octanol–water partition coefficient (Wildman–Crippen LogP) is 4.61. The minimum absolute atomic E-state index is 0.497. The Morgan fingerprint density at radius 2 is 1.95 bits per heavy atom. The van der Waals surface area contributed by atoms with E-state index < -0.39 is 0 Å². The van der Waals surface area contributed by atoms with Crippen molar-refractivity contribution in [3.05, 3.63) is 38.7 Å². The van der Waals surface area contributed by atoms with E-state index in [-0.39, 0.29) is 0 Å². The van der Waals surface area contributed by atoms with Crippen LogP contribution in [0.15, 0.2) is 24.3 Å². The molecular formula is C15H16ClIN2O. The molecule has 2 rings (SSSR count). The number of nitrogens with zero attached hydrogens (tertiary/aromatic N) is 2. The van der Waals surface area contributed by atoms with Crippen LogP contribution in [0, 0.1) is 9.49 Å². The quantitative estimate of drug-likeness (QED) is 0.553. The van der Waals surface area contributed by atoms with Gasteiger partial charge in [0.05, 0.1) is 21.9 Å². The first-order valence-corrected chi connectivity index (χ1v) is 7.84. The maximum absolute atomic E-state index is 6.25. The van der Waals surface area contributed by atoms with Crippen molar-refractivity contribution >= 4 is 34.2 Å². The van der Waals surface area contributed by atoms with E-state index in [1.807, 2.05) is 24.3 Å². The van der Waals surface area contributed by atoms with E-state index in [1.54, 1.807) is 7.11 Å². The third kappa shape index (κ3) is 3.41. The molecule has 0 aliphatic heterocycles. The lowest BCUT2D eigenvalue weighted by atomic mass is 10.1. The number of benzene rings is 1. The fraction of sp³-hybridized carbons (Fsp3) is 0.333. The highest BCUT2D eigenvalue weighted by Crippen LogP contribution is 2.30. The Balaban J connectivity index is 2.54. The van der Waals surface area contributed by atoms with Crippen LogP contribution in [0.2, 0.25) is 5.15 Å². The molecule has 1 heterocycles. The van der Waals surface area contributed by atoms with Crippen LogP contribution in [0.5, 0.6) is 5.75 Å². The van der Waals surface area contributed by atoms with Gasteiger partial charge in [0.2, 0.25) is 0 Å². The molecule has 0 radical (unpaired) electrons. The molecule has 0 fully saturated rings. The second-order valence-corrected chi connectivity index (χ2v) is 6.33. The highest BCUT2D eigenvalue weighted by Gasteiger charge is 2.15. The van der Waals surface area contributed by atoms with Crippen LogP contribution in [-0.4, -0.2) is 17.1 Å². The minimum Gasteiger partial charge on any atom is -0.496 e. The van der Waals surface area contributed by atoms with Crippen molar-refractivity contribution < 1.29 is 4.74 Å². The summed E-state index contributed by atoms with van der Waals surface area (Å²) in [5, 5.41) is 0.497. The SMILES string of the molecule is COc1ccccc1-c1nc(Cl)c(I)c(CC(C)C)n1. The summed E-state index contributed by atoms with van der Waals surface area (Å²) < 4.78 is 6.29. The molecule has 106 valence electrons. The van der Waals surface area contributed by atoms with Crippen molar-refractivity contribution in [2.45, 2.75) is 20.3 Å². The van der Waals surface area contributed by atoms with Gasteiger partial charge in [-0.2, -0.15) is 0 Å². The van der Waals surface area contributed by atoms with Crippen LogP contribution in [0.3, 0.4) is 0 Å². The van der Waals surface area contributed by atoms with E-state index >= 15 is 0 Å². The standard InChI is InChI=1S/C15H16ClIN2O/c1-9(2)8-11-13(17)14(16)19-15(18-11)10-6-4-5-7-12(10)20-3/h4-7,9H,8H2,1-3H3. The Bertz CT molecular complexity index is 617. The summed E-state index contributed by atoms with van der Waals surface area (Å²) in [6, 6.07) is 7.70. The Labute approximate surface area is 137 Å². The molecule has 0 aliphatic carbocycles. The zero-order valence-corrected chi connectivity index (χ0v) is 14.6. The molecule has 5 heteroatoms. The van der Waals surface area contributed by atoms with Crippen molar-refractivity contribution in [3.8, 4) is 17.1 Å². The van der Waals surface area contributed by atoms with Gasteiger partial charge in [-0.3, -0.25) is 0 Å². The lowest BCUT2D eigenvalue weighted by Gasteiger charge is -2.12. The van der Waals surface area contributed by atoms with Crippen molar-refractivity contribution in [3.63, 3.8) is 0 Å². The summed E-state index contributed by atoms with van der Waals surface area (Å²) in [5.74, 6) is 1.88. The van der Waals surface area contributed by atoms with Gasteiger partial charge in [-0.25, -0.2) is 9.97 Å². The van der Waals surface area contributed by atoms with Crippen LogP contribution in [-0.2, 0) is 6.42 Å². The van der Waals surface area contributed by atoms with E-state index in [2.05, 4.69) is 46.4 Å². The molecule has 2 aromatic rings. The second kappa shape index (κ2) is 6.72. The summed E-state index contributed by atoms with van der Waals surface area (Å²) in [4.78, 5) is 9.06. The van der Waals surface area contributed by atoms with Gasteiger partial charge in [-0.05, 0) is 47.1 Å². The van der Waals surface area contributed by atoms with Gasteiger partial charge in [0.15, 0.2) is 5.82 Å². The number of hydrogen-bond acceptors (Lipinski definition) is 3. The number of rotatable bonds is 4. The van der Waals surface area contributed by atoms with Crippen molar-refractivity contribution in [2.75, 3.05) is 7.11 Å². The van der Waals surface area contributed by atoms with Crippen LogP contribution < -0.4 is 4.74 Å². The van der Waals surface area contributed by atoms with Gasteiger partial charge in [0.25, 0.3) is 0 Å². The van der Waals surface area contributed by atoms with Gasteiger partial charge in [-0.15, -0.1) is 0 Å². The number of hydrogen-bond donors (Lipinski definition) is 0. The van der Waals surface area contributed by atoms with Gasteiger partial charge in [0.1, 0.15) is 10.9 Å². The second-order valence-electron chi connectivity index (χ2n) is 4.90. The van der Waals surface area contributed by atoms with Crippen molar-refractivity contribution in [2.24, 2.45) is 5.92 Å². The first kappa shape index (κ1) is 15.5. The molecule has 0 aliphatic rings. The van der Waals surface area contributed by atoms with Gasteiger partial charge in [-0.1, -0.05) is 37.6 Å². The van der Waals surface area contributed by atoms with Crippen LogP contribution >= 0.6 is 34.2 Å². The molecule has 0 amide bonds. The van der Waals surface area contributed by atoms with Gasteiger partial charge >= 0.3 is 0 Å². The molecule has 0 N–H and O–H groups in total. The van der Waals surface area contributed by atoms with Crippen LogP contribution in [0.25, 0.3) is 11.4 Å². The van der Waals surface area contributed by atoms with E-state index in [4.69, 9.17) is 16.3 Å². The summed E-state index contributed by atoms with van der Waals surface area (Å²) in [7, 11) is 1.64. The topological polar surface area (TPSA) is 35.0 Å². The molecule has 1 aromatic carbocycles. The number of aromatic nitrogens is 2. The Hall–Kier alpha value is -0.880. The third-order valence-corrected chi connectivity index (χ3v) is 4.55. The number of ether oxygens (including phenoxy) is 1. The lowest BCUT2D eigenvalue weighted by molar-refractivity contribution is 0.416. The minimum atomic E-state index is 0.497. The first-order chi connectivity index (χ1) is 9.52. The van der Waals surface area contributed by atoms with E-state index in [9.17, 15) is 0 Å². The summed E-state index contributed by atoms with van der Waals surface area (Å²) in [6.07, 6.45) is 0.878.